The predicted octanol–water partition coefficient (Wildman–Crippen LogP) is 5.54. The van der Waals surface area contributed by atoms with Gasteiger partial charge in [0.15, 0.2) is 17.3 Å². The summed E-state index contributed by atoms with van der Waals surface area (Å²) in [6.45, 7) is 3.62. The van der Waals surface area contributed by atoms with E-state index in [1.807, 2.05) is 12.1 Å². The van der Waals surface area contributed by atoms with Crippen molar-refractivity contribution in [2.45, 2.75) is 63.7 Å². The third-order valence-corrected chi connectivity index (χ3v) is 10.9. The Balaban J connectivity index is 1.30. The molecule has 6 atom stereocenters. The summed E-state index contributed by atoms with van der Waals surface area (Å²) in [6, 6.07) is 7.06. The molecule has 6 rings (SSSR count). The number of aromatic amines is 1. The molecule has 0 radical (unpaired) electrons. The van der Waals surface area contributed by atoms with Crippen molar-refractivity contribution in [2.24, 2.45) is 17.8 Å². The van der Waals surface area contributed by atoms with Crippen molar-refractivity contribution in [2.75, 3.05) is 55.7 Å². The quantitative estimate of drug-likeness (QED) is 0.189. The molecule has 1 aromatic heterocycles. The molecule has 2 aliphatic heterocycles. The number of aromatic nitrogens is 1. The monoisotopic (exact) mass is 692 g/mol. The van der Waals surface area contributed by atoms with Crippen LogP contribution in [0.15, 0.2) is 24.3 Å². The van der Waals surface area contributed by atoms with Gasteiger partial charge in [0.2, 0.25) is 5.75 Å². The molecule has 0 bridgehead atoms. The van der Waals surface area contributed by atoms with Crippen LogP contribution in [0, 0.1) is 17.8 Å². The lowest BCUT2D eigenvalue weighted by atomic mass is 9.63. The van der Waals surface area contributed by atoms with E-state index in [2.05, 4.69) is 16.8 Å². The molecule has 50 heavy (non-hydrogen) atoms. The number of esters is 2. The van der Waals surface area contributed by atoms with Gasteiger partial charge < -0.3 is 38.1 Å². The van der Waals surface area contributed by atoms with Gasteiger partial charge in [-0.2, -0.15) is 0 Å². The topological polar surface area (TPSA) is 135 Å². The van der Waals surface area contributed by atoms with Gasteiger partial charge in [0, 0.05) is 49.3 Å². The lowest BCUT2D eigenvalue weighted by Gasteiger charge is -2.52. The third kappa shape index (κ3) is 6.28. The van der Waals surface area contributed by atoms with Crippen LogP contribution in [-0.2, 0) is 25.4 Å². The number of Topliss-reactive ketones (excluding diaryl/α,β-unsaturated/α-hetero) is 1. The Bertz CT molecular complexity index is 1730. The van der Waals surface area contributed by atoms with Crippen molar-refractivity contribution < 1.29 is 47.5 Å². The molecule has 0 unspecified atom stereocenters. The van der Waals surface area contributed by atoms with Gasteiger partial charge in [-0.15, -0.1) is 0 Å². The number of carbonyl (C=O) groups is 3. The third-order valence-electron chi connectivity index (χ3n) is 10.9. The van der Waals surface area contributed by atoms with Crippen molar-refractivity contribution in [3.8, 4) is 23.0 Å². The normalized spacial score (nSPS) is 24.4. The maximum Gasteiger partial charge on any atom is 0.338 e. The standard InChI is InChI=1S/C38H48N2O10/c1-8-9-10-28(41)25-16-24-22-11-12-40-19-21-15-32(50-37(42)20-13-30(45-3)35(47-5)31(14-20)46-4)36(48-6)33(38(43)49-7)23(21)17-27(40)34(22)39-26(24)18-29(25)44-2/h13-14,16,18,21,23,27,32-33,36,39H,8-12,15,17,19H2,1-7H3/t21-,23+,27-,32-,33+,36+/m1/s1. The molecule has 2 fully saturated rings. The first kappa shape index (κ1) is 35.5. The summed E-state index contributed by atoms with van der Waals surface area (Å²) in [5.74, 6) is 0.0313. The number of nitrogens with zero attached hydrogens (tertiary/aromatic N) is 1. The Kier molecular flexibility index (Phi) is 10.6. The van der Waals surface area contributed by atoms with Gasteiger partial charge in [0.25, 0.3) is 0 Å². The number of ketones is 1. The highest BCUT2D eigenvalue weighted by Gasteiger charge is 2.54. The first-order valence-corrected chi connectivity index (χ1v) is 17.3. The van der Waals surface area contributed by atoms with E-state index in [9.17, 15) is 14.4 Å². The second-order valence-corrected chi connectivity index (χ2v) is 13.4. The van der Waals surface area contributed by atoms with E-state index in [4.69, 9.17) is 33.2 Å². The fraction of sp³-hybridized carbons (Fsp3) is 0.553. The summed E-state index contributed by atoms with van der Waals surface area (Å²) in [6.07, 6.45) is 2.89. The molecule has 1 saturated heterocycles. The highest BCUT2D eigenvalue weighted by Crippen LogP contribution is 2.51. The van der Waals surface area contributed by atoms with Crippen molar-refractivity contribution in [1.82, 2.24) is 9.88 Å². The SMILES string of the molecule is CCCCC(=O)c1cc2c3c([nH]c2cc1OC)[C@H]1C[C@H]2[C@H](C[C@@H](OC(=O)c4cc(OC)c(OC)c(OC)c4)[C@H](OC)[C@H]2C(=O)OC)CN1CC3. The molecule has 12 nitrogen and oxygen atoms in total. The van der Waals surface area contributed by atoms with Gasteiger partial charge in [0.1, 0.15) is 18.0 Å². The van der Waals surface area contributed by atoms with Gasteiger partial charge >= 0.3 is 11.9 Å². The molecule has 1 N–H and O–H groups in total. The molecular formula is C38H48N2O10. The van der Waals surface area contributed by atoms with E-state index < -0.39 is 24.1 Å². The van der Waals surface area contributed by atoms with E-state index in [0.717, 1.165) is 48.9 Å². The summed E-state index contributed by atoms with van der Waals surface area (Å²) in [4.78, 5) is 46.5. The Morgan fingerprint density at radius 2 is 1.62 bits per heavy atom. The number of ether oxygens (including phenoxy) is 7. The largest absolute Gasteiger partial charge is 0.496 e. The lowest BCUT2D eigenvalue weighted by Crippen LogP contribution is -2.58. The highest BCUT2D eigenvalue weighted by molar-refractivity contribution is 6.03. The average molecular weight is 693 g/mol. The molecule has 0 spiro atoms. The van der Waals surface area contributed by atoms with Crippen LogP contribution in [0.3, 0.4) is 0 Å². The average Bonchev–Trinajstić information content (AvgIpc) is 3.51. The Labute approximate surface area is 292 Å². The summed E-state index contributed by atoms with van der Waals surface area (Å²) in [5, 5.41) is 1.05. The molecule has 0 amide bonds. The molecule has 3 heterocycles. The van der Waals surface area contributed by atoms with E-state index in [1.165, 1.54) is 34.0 Å². The number of unbranched alkanes of at least 4 members (excludes halogenated alkanes) is 1. The summed E-state index contributed by atoms with van der Waals surface area (Å²) >= 11 is 0. The molecule has 12 heteroatoms. The fourth-order valence-electron chi connectivity index (χ4n) is 8.54. The van der Waals surface area contributed by atoms with Crippen LogP contribution in [0.5, 0.6) is 23.0 Å². The first-order chi connectivity index (χ1) is 24.2. The van der Waals surface area contributed by atoms with Crippen molar-refractivity contribution in [3.05, 3.63) is 46.6 Å². The Morgan fingerprint density at radius 1 is 0.900 bits per heavy atom. The minimum Gasteiger partial charge on any atom is -0.496 e. The molecule has 1 saturated carbocycles. The minimum atomic E-state index is -0.715. The summed E-state index contributed by atoms with van der Waals surface area (Å²) in [5.41, 5.74) is 4.10. The van der Waals surface area contributed by atoms with Crippen LogP contribution < -0.4 is 18.9 Å². The number of benzene rings is 2. The Hall–Kier alpha value is -4.29. The second-order valence-electron chi connectivity index (χ2n) is 13.4. The van der Waals surface area contributed by atoms with Crippen LogP contribution in [0.1, 0.15) is 77.0 Å². The second kappa shape index (κ2) is 14.9. The molecule has 1 aliphatic carbocycles. The molecule has 3 aromatic rings. The van der Waals surface area contributed by atoms with Crippen molar-refractivity contribution in [1.29, 1.82) is 0 Å². The summed E-state index contributed by atoms with van der Waals surface area (Å²) in [7, 11) is 8.98. The van der Waals surface area contributed by atoms with Gasteiger partial charge in [0.05, 0.1) is 58.6 Å². The minimum absolute atomic E-state index is 0.0284. The number of fused-ring (bicyclic) bond motifs is 6. The predicted molar refractivity (Wildman–Crippen MR) is 185 cm³/mol. The number of carbonyl (C=O) groups excluding carboxylic acids is 3. The number of rotatable bonds is 12. The zero-order valence-electron chi connectivity index (χ0n) is 30.0. The van der Waals surface area contributed by atoms with E-state index >= 15 is 0 Å². The van der Waals surface area contributed by atoms with Crippen molar-refractivity contribution >= 4 is 28.6 Å². The number of piperidine rings is 1. The Morgan fingerprint density at radius 3 is 2.24 bits per heavy atom. The van der Waals surface area contributed by atoms with E-state index in [1.54, 1.807) is 26.4 Å². The highest BCUT2D eigenvalue weighted by atomic mass is 16.6. The first-order valence-electron chi connectivity index (χ1n) is 17.3. The number of methoxy groups -OCH3 is 6. The number of nitrogens with one attached hydrogen (secondary N) is 1. The van der Waals surface area contributed by atoms with Gasteiger partial charge in [-0.25, -0.2) is 4.79 Å². The fourth-order valence-corrected chi connectivity index (χ4v) is 8.54. The zero-order valence-corrected chi connectivity index (χ0v) is 30.0. The zero-order chi connectivity index (χ0) is 35.7. The number of hydrogen-bond donors (Lipinski definition) is 1. The maximum atomic E-state index is 13.6. The molecule has 270 valence electrons. The van der Waals surface area contributed by atoms with Crippen LogP contribution in [0.25, 0.3) is 10.9 Å². The number of hydrogen-bond acceptors (Lipinski definition) is 11. The number of H-pyrrole nitrogens is 1. The smallest absolute Gasteiger partial charge is 0.338 e. The van der Waals surface area contributed by atoms with Gasteiger partial charge in [-0.3, -0.25) is 14.5 Å². The van der Waals surface area contributed by atoms with Crippen LogP contribution in [0.4, 0.5) is 0 Å². The van der Waals surface area contributed by atoms with Gasteiger partial charge in [-0.05, 0) is 61.3 Å². The van der Waals surface area contributed by atoms with Crippen LogP contribution in [-0.4, -0.2) is 95.6 Å². The molecular weight excluding hydrogens is 644 g/mol. The van der Waals surface area contributed by atoms with Crippen LogP contribution >= 0.6 is 0 Å². The van der Waals surface area contributed by atoms with Gasteiger partial charge in [-0.1, -0.05) is 13.3 Å². The maximum absolute atomic E-state index is 13.6. The van der Waals surface area contributed by atoms with E-state index in [0.29, 0.717) is 47.8 Å². The molecule has 3 aliphatic rings. The van der Waals surface area contributed by atoms with Crippen LogP contribution in [0.2, 0.25) is 0 Å². The van der Waals surface area contributed by atoms with E-state index in [-0.39, 0.29) is 35.2 Å². The lowest BCUT2D eigenvalue weighted by molar-refractivity contribution is -0.176. The molecule has 2 aromatic carbocycles. The van der Waals surface area contributed by atoms with Crippen molar-refractivity contribution in [3.63, 3.8) is 0 Å². The summed E-state index contributed by atoms with van der Waals surface area (Å²) < 4.78 is 39.5.